The van der Waals surface area contributed by atoms with E-state index in [-0.39, 0.29) is 12.1 Å². The zero-order chi connectivity index (χ0) is 12.4. The Hall–Kier alpha value is -1.13. The fourth-order valence-electron chi connectivity index (χ4n) is 2.41. The van der Waals surface area contributed by atoms with Crippen LogP contribution in [-0.2, 0) is 0 Å². The summed E-state index contributed by atoms with van der Waals surface area (Å²) in [5, 5.41) is 9.29. The van der Waals surface area contributed by atoms with E-state index >= 15 is 0 Å². The Morgan fingerprint density at radius 2 is 2.29 bits per heavy atom. The van der Waals surface area contributed by atoms with Gasteiger partial charge in [0.1, 0.15) is 5.82 Å². The smallest absolute Gasteiger partial charge is 0.133 e. The van der Waals surface area contributed by atoms with Gasteiger partial charge >= 0.3 is 0 Å². The molecule has 0 aromatic carbocycles. The van der Waals surface area contributed by atoms with Gasteiger partial charge in [0.25, 0.3) is 0 Å². The second-order valence-corrected chi connectivity index (χ2v) is 5.08. The zero-order valence-electron chi connectivity index (χ0n) is 10.5. The van der Waals surface area contributed by atoms with Crippen molar-refractivity contribution in [1.82, 2.24) is 4.98 Å². The lowest BCUT2D eigenvalue weighted by atomic mass is 9.82. The Labute approximate surface area is 102 Å². The molecule has 0 saturated heterocycles. The first-order chi connectivity index (χ1) is 8.08. The first kappa shape index (κ1) is 12.3. The molecule has 1 aliphatic carbocycles. The van der Waals surface area contributed by atoms with Gasteiger partial charge in [-0.2, -0.15) is 0 Å². The van der Waals surface area contributed by atoms with Gasteiger partial charge < -0.3 is 15.7 Å². The van der Waals surface area contributed by atoms with Gasteiger partial charge in [-0.05, 0) is 31.7 Å². The molecule has 0 spiro atoms. The topological polar surface area (TPSA) is 62.4 Å². The number of aromatic nitrogens is 1. The molecule has 4 heteroatoms. The van der Waals surface area contributed by atoms with E-state index in [0.717, 1.165) is 30.8 Å². The van der Waals surface area contributed by atoms with Crippen molar-refractivity contribution < 1.29 is 5.11 Å². The van der Waals surface area contributed by atoms with Crippen molar-refractivity contribution in [3.63, 3.8) is 0 Å². The lowest BCUT2D eigenvalue weighted by Crippen LogP contribution is -2.37. The first-order valence-corrected chi connectivity index (χ1v) is 6.17. The number of aliphatic hydroxyl groups excluding tert-OH is 1. The Bertz CT molecular complexity index is 375. The highest BCUT2D eigenvalue weighted by molar-refractivity contribution is 5.47. The van der Waals surface area contributed by atoms with E-state index in [2.05, 4.69) is 9.88 Å². The molecule has 1 heterocycles. The Kier molecular flexibility index (Phi) is 3.64. The van der Waals surface area contributed by atoms with Crippen LogP contribution in [0.25, 0.3) is 0 Å². The molecule has 1 aromatic rings. The van der Waals surface area contributed by atoms with Crippen LogP contribution in [0.2, 0.25) is 0 Å². The van der Waals surface area contributed by atoms with Gasteiger partial charge in [0.2, 0.25) is 0 Å². The fourth-order valence-corrected chi connectivity index (χ4v) is 2.41. The molecule has 1 unspecified atom stereocenters. The number of rotatable bonds is 4. The van der Waals surface area contributed by atoms with E-state index in [9.17, 15) is 5.11 Å². The molecule has 1 saturated carbocycles. The van der Waals surface area contributed by atoms with Crippen molar-refractivity contribution in [3.05, 3.63) is 23.9 Å². The number of nitrogens with two attached hydrogens (primary N) is 1. The van der Waals surface area contributed by atoms with E-state index in [4.69, 9.17) is 5.73 Å². The van der Waals surface area contributed by atoms with Gasteiger partial charge in [-0.3, -0.25) is 0 Å². The van der Waals surface area contributed by atoms with Crippen molar-refractivity contribution in [1.29, 1.82) is 0 Å². The van der Waals surface area contributed by atoms with E-state index in [1.165, 1.54) is 0 Å². The van der Waals surface area contributed by atoms with Crippen molar-refractivity contribution in [2.75, 3.05) is 18.5 Å². The Morgan fingerprint density at radius 3 is 2.88 bits per heavy atom. The SMILES string of the molecule is CC(N)c1cccnc1N(C)CC1CC(O)C1. The molecule has 1 aliphatic rings. The summed E-state index contributed by atoms with van der Waals surface area (Å²) in [4.78, 5) is 6.56. The summed E-state index contributed by atoms with van der Waals surface area (Å²) in [6.45, 7) is 2.91. The molecule has 2 rings (SSSR count). The molecule has 0 bridgehead atoms. The Morgan fingerprint density at radius 1 is 1.59 bits per heavy atom. The maximum atomic E-state index is 9.29. The lowest BCUT2D eigenvalue weighted by Gasteiger charge is -2.35. The minimum absolute atomic E-state index is 0.00636. The van der Waals surface area contributed by atoms with E-state index < -0.39 is 0 Å². The molecule has 0 amide bonds. The molecule has 0 aliphatic heterocycles. The third kappa shape index (κ3) is 2.76. The van der Waals surface area contributed by atoms with Gasteiger partial charge in [0, 0.05) is 31.4 Å². The highest BCUT2D eigenvalue weighted by Gasteiger charge is 2.28. The standard InChI is InChI=1S/C13H21N3O/c1-9(14)12-4-3-5-15-13(12)16(2)8-10-6-11(17)7-10/h3-5,9-11,17H,6-8,14H2,1-2H3. The predicted octanol–water partition coefficient (Wildman–Crippen LogP) is 1.31. The summed E-state index contributed by atoms with van der Waals surface area (Å²) in [6.07, 6.45) is 3.52. The number of anilines is 1. The molecular formula is C13H21N3O. The maximum absolute atomic E-state index is 9.29. The molecule has 1 atom stereocenters. The highest BCUT2D eigenvalue weighted by atomic mass is 16.3. The summed E-state index contributed by atoms with van der Waals surface area (Å²) in [5.74, 6) is 1.54. The average molecular weight is 235 g/mol. The summed E-state index contributed by atoms with van der Waals surface area (Å²) in [5.41, 5.74) is 7.02. The van der Waals surface area contributed by atoms with Crippen LogP contribution in [0.3, 0.4) is 0 Å². The van der Waals surface area contributed by atoms with Crippen LogP contribution in [0.15, 0.2) is 18.3 Å². The third-order valence-corrected chi connectivity index (χ3v) is 3.41. The van der Waals surface area contributed by atoms with Crippen LogP contribution in [0, 0.1) is 5.92 Å². The number of aliphatic hydroxyl groups is 1. The largest absolute Gasteiger partial charge is 0.393 e. The molecule has 3 N–H and O–H groups in total. The van der Waals surface area contributed by atoms with Gasteiger partial charge in [-0.15, -0.1) is 0 Å². The van der Waals surface area contributed by atoms with Crippen LogP contribution in [0.1, 0.15) is 31.4 Å². The molecule has 1 aromatic heterocycles. The second-order valence-electron chi connectivity index (χ2n) is 5.08. The van der Waals surface area contributed by atoms with Gasteiger partial charge in [-0.25, -0.2) is 4.98 Å². The number of nitrogens with zero attached hydrogens (tertiary/aromatic N) is 2. The fraction of sp³-hybridized carbons (Fsp3) is 0.615. The second kappa shape index (κ2) is 5.02. The monoisotopic (exact) mass is 235 g/mol. The summed E-state index contributed by atoms with van der Waals surface area (Å²) < 4.78 is 0. The van der Waals surface area contributed by atoms with Gasteiger partial charge in [0.05, 0.1) is 6.10 Å². The summed E-state index contributed by atoms with van der Waals surface area (Å²) >= 11 is 0. The van der Waals surface area contributed by atoms with Gasteiger partial charge in [-0.1, -0.05) is 6.07 Å². The van der Waals surface area contributed by atoms with Gasteiger partial charge in [0.15, 0.2) is 0 Å². The van der Waals surface area contributed by atoms with Crippen LogP contribution in [-0.4, -0.2) is 29.8 Å². The highest BCUT2D eigenvalue weighted by Crippen LogP contribution is 2.30. The van der Waals surface area contributed by atoms with E-state index in [1.807, 2.05) is 26.1 Å². The molecule has 94 valence electrons. The van der Waals surface area contributed by atoms with Crippen LogP contribution >= 0.6 is 0 Å². The molecular weight excluding hydrogens is 214 g/mol. The molecule has 0 radical (unpaired) electrons. The molecule has 1 fully saturated rings. The van der Waals surface area contributed by atoms with Crippen molar-refractivity contribution >= 4 is 5.82 Å². The molecule has 17 heavy (non-hydrogen) atoms. The third-order valence-electron chi connectivity index (χ3n) is 3.41. The van der Waals surface area contributed by atoms with E-state index in [1.54, 1.807) is 6.20 Å². The van der Waals surface area contributed by atoms with Crippen LogP contribution < -0.4 is 10.6 Å². The summed E-state index contributed by atoms with van der Waals surface area (Å²) in [7, 11) is 2.04. The van der Waals surface area contributed by atoms with Crippen molar-refractivity contribution in [2.24, 2.45) is 11.7 Å². The predicted molar refractivity (Wildman–Crippen MR) is 68.8 cm³/mol. The quantitative estimate of drug-likeness (QED) is 0.826. The zero-order valence-corrected chi connectivity index (χ0v) is 10.5. The summed E-state index contributed by atoms with van der Waals surface area (Å²) in [6, 6.07) is 3.94. The Balaban J connectivity index is 2.05. The van der Waals surface area contributed by atoms with E-state index in [0.29, 0.717) is 5.92 Å². The average Bonchev–Trinajstić information content (AvgIpc) is 2.27. The number of hydrogen-bond donors (Lipinski definition) is 2. The first-order valence-electron chi connectivity index (χ1n) is 6.17. The maximum Gasteiger partial charge on any atom is 0.133 e. The minimum Gasteiger partial charge on any atom is -0.393 e. The molecule has 4 nitrogen and oxygen atoms in total. The minimum atomic E-state index is -0.0926. The lowest BCUT2D eigenvalue weighted by molar-refractivity contribution is 0.0464. The number of pyridine rings is 1. The van der Waals surface area contributed by atoms with Crippen LogP contribution in [0.5, 0.6) is 0 Å². The van der Waals surface area contributed by atoms with Crippen molar-refractivity contribution in [2.45, 2.75) is 31.9 Å². The number of hydrogen-bond acceptors (Lipinski definition) is 4. The van der Waals surface area contributed by atoms with Crippen LogP contribution in [0.4, 0.5) is 5.82 Å². The normalized spacial score (nSPS) is 25.2. The van der Waals surface area contributed by atoms with Crippen molar-refractivity contribution in [3.8, 4) is 0 Å².